The summed E-state index contributed by atoms with van der Waals surface area (Å²) < 4.78 is 1.14. The Morgan fingerprint density at radius 3 is 2.59 bits per heavy atom. The molecule has 2 aromatic rings. The van der Waals surface area contributed by atoms with Crippen LogP contribution in [0.1, 0.15) is 26.5 Å². The summed E-state index contributed by atoms with van der Waals surface area (Å²) in [5.74, 6) is 5.60. The molecule has 1 aromatic heterocycles. The van der Waals surface area contributed by atoms with Crippen molar-refractivity contribution in [2.45, 2.75) is 26.2 Å². The average molecular weight is 341 g/mol. The minimum Gasteiger partial charge on any atom is -0.323 e. The van der Waals surface area contributed by atoms with Crippen LogP contribution < -0.4 is 11.3 Å². The summed E-state index contributed by atoms with van der Waals surface area (Å²) >= 11 is 2.30. The number of halogens is 1. The molecule has 1 heterocycles. The summed E-state index contributed by atoms with van der Waals surface area (Å²) in [6.45, 7) is 6.45. The Hall–Kier alpha value is -0.880. The van der Waals surface area contributed by atoms with Crippen molar-refractivity contribution >= 4 is 39.2 Å². The molecule has 0 radical (unpaired) electrons. The molecule has 0 aliphatic heterocycles. The predicted octanol–water partition coefficient (Wildman–Crippen LogP) is 3.42. The van der Waals surface area contributed by atoms with Crippen molar-refractivity contribution in [1.29, 1.82) is 0 Å². The highest BCUT2D eigenvalue weighted by atomic mass is 127. The molecule has 4 heteroatoms. The standard InChI is InChI=1S/C13H16IN3/c1-13(2,3)11-7-10(17-15)8-5-4-6-9(14)12(8)16-11/h4-7H,15H2,1-3H3,(H,16,17). The number of para-hydroxylation sites is 1. The van der Waals surface area contributed by atoms with Crippen molar-refractivity contribution in [3.05, 3.63) is 33.5 Å². The van der Waals surface area contributed by atoms with E-state index in [4.69, 9.17) is 10.8 Å². The van der Waals surface area contributed by atoms with Crippen LogP contribution in [0.4, 0.5) is 5.69 Å². The van der Waals surface area contributed by atoms with E-state index in [-0.39, 0.29) is 5.41 Å². The minimum absolute atomic E-state index is 0.0126. The number of pyridine rings is 1. The van der Waals surface area contributed by atoms with E-state index < -0.39 is 0 Å². The van der Waals surface area contributed by atoms with Crippen molar-refractivity contribution in [3.63, 3.8) is 0 Å². The van der Waals surface area contributed by atoms with Crippen molar-refractivity contribution in [1.82, 2.24) is 4.98 Å². The third kappa shape index (κ3) is 2.37. The highest BCUT2D eigenvalue weighted by molar-refractivity contribution is 14.1. The van der Waals surface area contributed by atoms with E-state index in [0.29, 0.717) is 0 Å². The normalized spacial score (nSPS) is 11.8. The largest absolute Gasteiger partial charge is 0.323 e. The fraction of sp³-hybridized carbons (Fsp3) is 0.308. The number of anilines is 1. The second-order valence-electron chi connectivity index (χ2n) is 5.09. The van der Waals surface area contributed by atoms with E-state index in [0.717, 1.165) is 25.9 Å². The zero-order valence-electron chi connectivity index (χ0n) is 10.2. The van der Waals surface area contributed by atoms with E-state index >= 15 is 0 Å². The van der Waals surface area contributed by atoms with Gasteiger partial charge in [-0.3, -0.25) is 10.8 Å². The van der Waals surface area contributed by atoms with Gasteiger partial charge in [0, 0.05) is 20.1 Å². The lowest BCUT2D eigenvalue weighted by atomic mass is 9.91. The topological polar surface area (TPSA) is 50.9 Å². The SMILES string of the molecule is CC(C)(C)c1cc(NN)c2cccc(I)c2n1. The van der Waals surface area contributed by atoms with Gasteiger partial charge in [-0.25, -0.2) is 0 Å². The maximum atomic E-state index is 5.60. The van der Waals surface area contributed by atoms with Gasteiger partial charge in [0.2, 0.25) is 0 Å². The van der Waals surface area contributed by atoms with E-state index in [1.54, 1.807) is 0 Å². The molecule has 17 heavy (non-hydrogen) atoms. The van der Waals surface area contributed by atoms with Crippen molar-refractivity contribution in [2.75, 3.05) is 5.43 Å². The molecule has 0 saturated heterocycles. The van der Waals surface area contributed by atoms with Crippen LogP contribution in [-0.2, 0) is 5.41 Å². The third-order valence-electron chi connectivity index (χ3n) is 2.71. The van der Waals surface area contributed by atoms with E-state index in [1.807, 2.05) is 18.2 Å². The lowest BCUT2D eigenvalue weighted by Gasteiger charge is -2.20. The van der Waals surface area contributed by atoms with Gasteiger partial charge in [0.15, 0.2) is 0 Å². The Kier molecular flexibility index (Phi) is 3.27. The molecule has 0 atom stereocenters. The van der Waals surface area contributed by atoms with E-state index in [2.05, 4.69) is 54.9 Å². The number of nitrogens with zero attached hydrogens (tertiary/aromatic N) is 1. The Labute approximate surface area is 115 Å². The Bertz CT molecular complexity index is 558. The molecular formula is C13H16IN3. The van der Waals surface area contributed by atoms with Gasteiger partial charge in [-0.05, 0) is 34.7 Å². The first-order chi connectivity index (χ1) is 7.93. The highest BCUT2D eigenvalue weighted by Crippen LogP contribution is 2.30. The van der Waals surface area contributed by atoms with Crippen LogP contribution in [0.25, 0.3) is 10.9 Å². The zero-order chi connectivity index (χ0) is 12.6. The first kappa shape index (κ1) is 12.6. The lowest BCUT2D eigenvalue weighted by molar-refractivity contribution is 0.571. The number of benzene rings is 1. The summed E-state index contributed by atoms with van der Waals surface area (Å²) in [5.41, 5.74) is 5.76. The Morgan fingerprint density at radius 2 is 2.00 bits per heavy atom. The maximum Gasteiger partial charge on any atom is 0.0860 e. The molecular weight excluding hydrogens is 325 g/mol. The summed E-state index contributed by atoms with van der Waals surface area (Å²) in [5, 5.41) is 1.06. The number of hydrogen-bond acceptors (Lipinski definition) is 3. The highest BCUT2D eigenvalue weighted by Gasteiger charge is 2.18. The molecule has 0 aliphatic carbocycles. The van der Waals surface area contributed by atoms with Crippen molar-refractivity contribution < 1.29 is 0 Å². The van der Waals surface area contributed by atoms with Gasteiger partial charge < -0.3 is 5.43 Å². The van der Waals surface area contributed by atoms with Crippen molar-refractivity contribution in [3.8, 4) is 0 Å². The number of fused-ring (bicyclic) bond motifs is 1. The van der Waals surface area contributed by atoms with Gasteiger partial charge >= 0.3 is 0 Å². The summed E-state index contributed by atoms with van der Waals surface area (Å²) in [7, 11) is 0. The van der Waals surface area contributed by atoms with Crippen LogP contribution in [0.15, 0.2) is 24.3 Å². The van der Waals surface area contributed by atoms with Crippen LogP contribution in [0.5, 0.6) is 0 Å². The Balaban J connectivity index is 2.81. The predicted molar refractivity (Wildman–Crippen MR) is 81.0 cm³/mol. The molecule has 2 rings (SSSR count). The molecule has 0 spiro atoms. The number of aromatic nitrogens is 1. The molecule has 90 valence electrons. The number of nitrogen functional groups attached to an aromatic ring is 1. The molecule has 3 nitrogen and oxygen atoms in total. The van der Waals surface area contributed by atoms with Gasteiger partial charge in [0.05, 0.1) is 11.2 Å². The Morgan fingerprint density at radius 1 is 1.29 bits per heavy atom. The van der Waals surface area contributed by atoms with Crippen LogP contribution in [0, 0.1) is 3.57 Å². The fourth-order valence-electron chi connectivity index (χ4n) is 1.72. The number of hydrazine groups is 1. The maximum absolute atomic E-state index is 5.60. The zero-order valence-corrected chi connectivity index (χ0v) is 12.4. The number of hydrogen-bond donors (Lipinski definition) is 2. The molecule has 0 amide bonds. The molecule has 0 fully saturated rings. The van der Waals surface area contributed by atoms with Crippen LogP contribution in [0.3, 0.4) is 0 Å². The van der Waals surface area contributed by atoms with Gasteiger partial charge in [0.25, 0.3) is 0 Å². The molecule has 0 bridgehead atoms. The third-order valence-corrected chi connectivity index (χ3v) is 3.58. The molecule has 0 unspecified atom stereocenters. The lowest BCUT2D eigenvalue weighted by Crippen LogP contribution is -2.16. The summed E-state index contributed by atoms with van der Waals surface area (Å²) in [6, 6.07) is 8.14. The van der Waals surface area contributed by atoms with Gasteiger partial charge in [0.1, 0.15) is 0 Å². The molecule has 0 aliphatic rings. The van der Waals surface area contributed by atoms with Crippen LogP contribution >= 0.6 is 22.6 Å². The monoisotopic (exact) mass is 341 g/mol. The number of rotatable bonds is 1. The van der Waals surface area contributed by atoms with Crippen LogP contribution in [0.2, 0.25) is 0 Å². The van der Waals surface area contributed by atoms with Gasteiger partial charge in [-0.15, -0.1) is 0 Å². The molecule has 3 N–H and O–H groups in total. The number of nitrogens with two attached hydrogens (primary N) is 1. The quantitative estimate of drug-likeness (QED) is 0.475. The fourth-order valence-corrected chi connectivity index (χ4v) is 2.34. The second kappa shape index (κ2) is 4.42. The van der Waals surface area contributed by atoms with Crippen LogP contribution in [-0.4, -0.2) is 4.98 Å². The second-order valence-corrected chi connectivity index (χ2v) is 6.25. The molecule has 1 aromatic carbocycles. The average Bonchev–Trinajstić information content (AvgIpc) is 2.27. The first-order valence-electron chi connectivity index (χ1n) is 5.50. The molecule has 0 saturated carbocycles. The smallest absolute Gasteiger partial charge is 0.0860 e. The van der Waals surface area contributed by atoms with Crippen molar-refractivity contribution in [2.24, 2.45) is 5.84 Å². The summed E-state index contributed by atoms with van der Waals surface area (Å²) in [4.78, 5) is 4.75. The van der Waals surface area contributed by atoms with Gasteiger partial charge in [-0.2, -0.15) is 0 Å². The summed E-state index contributed by atoms with van der Waals surface area (Å²) in [6.07, 6.45) is 0. The van der Waals surface area contributed by atoms with E-state index in [9.17, 15) is 0 Å². The van der Waals surface area contributed by atoms with E-state index in [1.165, 1.54) is 0 Å². The van der Waals surface area contributed by atoms with Gasteiger partial charge in [-0.1, -0.05) is 32.9 Å². The first-order valence-corrected chi connectivity index (χ1v) is 6.57. The number of nitrogens with one attached hydrogen (secondary N) is 1. The minimum atomic E-state index is 0.0126.